The summed E-state index contributed by atoms with van der Waals surface area (Å²) in [6, 6.07) is -1.67. The van der Waals surface area contributed by atoms with Crippen LogP contribution >= 0.6 is 0 Å². The molecule has 0 radical (unpaired) electrons. The number of nitrogens with two attached hydrogens (primary N) is 2. The third-order valence-corrected chi connectivity index (χ3v) is 2.87. The molecule has 1 saturated heterocycles. The van der Waals surface area contributed by atoms with E-state index >= 15 is 0 Å². The molecule has 7 N–H and O–H groups in total. The van der Waals surface area contributed by atoms with Crippen LogP contribution in [-0.2, 0) is 14.4 Å². The maximum atomic E-state index is 11.8. The lowest BCUT2D eigenvalue weighted by molar-refractivity contribution is -0.142. The van der Waals surface area contributed by atoms with E-state index in [0.29, 0.717) is 19.4 Å². The largest absolute Gasteiger partial charge is 0.480 e. The van der Waals surface area contributed by atoms with Crippen LogP contribution in [0.3, 0.4) is 0 Å². The Morgan fingerprint density at radius 2 is 2.20 bits per heavy atom. The second-order valence-electron chi connectivity index (χ2n) is 4.51. The summed E-state index contributed by atoms with van der Waals surface area (Å²) in [6.45, 7) is 0.294. The predicted molar refractivity (Wildman–Crippen MR) is 70.6 cm³/mol. The fourth-order valence-corrected chi connectivity index (χ4v) is 1.84. The van der Waals surface area contributed by atoms with Crippen LogP contribution in [0.4, 0.5) is 0 Å². The van der Waals surface area contributed by atoms with Crippen LogP contribution < -0.4 is 22.1 Å². The molecule has 1 aliphatic rings. The zero-order valence-corrected chi connectivity index (χ0v) is 11.0. The van der Waals surface area contributed by atoms with E-state index in [1.807, 2.05) is 0 Å². The highest BCUT2D eigenvalue weighted by Crippen LogP contribution is 2.07. The lowest BCUT2D eigenvalue weighted by atomic mass is 10.1. The molecule has 1 fully saturated rings. The van der Waals surface area contributed by atoms with Gasteiger partial charge in [-0.1, -0.05) is 0 Å². The maximum Gasteiger partial charge on any atom is 0.326 e. The van der Waals surface area contributed by atoms with Crippen molar-refractivity contribution in [1.29, 1.82) is 0 Å². The molecule has 0 aromatic heterocycles. The van der Waals surface area contributed by atoms with Gasteiger partial charge in [0, 0.05) is 13.0 Å². The molecule has 1 rings (SSSR count). The van der Waals surface area contributed by atoms with Gasteiger partial charge >= 0.3 is 5.97 Å². The topological polar surface area (TPSA) is 160 Å². The van der Waals surface area contributed by atoms with Crippen LogP contribution in [0.5, 0.6) is 0 Å². The van der Waals surface area contributed by atoms with E-state index in [1.54, 1.807) is 0 Å². The first kappa shape index (κ1) is 15.7. The summed E-state index contributed by atoms with van der Waals surface area (Å²) in [5.41, 5.74) is 10.3. The Labute approximate surface area is 115 Å². The molecule has 9 heteroatoms. The number of rotatable bonds is 7. The summed E-state index contributed by atoms with van der Waals surface area (Å²) in [5.74, 6) is -1.88. The van der Waals surface area contributed by atoms with Gasteiger partial charge in [0.25, 0.3) is 0 Å². The van der Waals surface area contributed by atoms with Gasteiger partial charge in [-0.15, -0.1) is 0 Å². The number of amides is 2. The molecule has 0 aromatic rings. The lowest BCUT2D eigenvalue weighted by Gasteiger charge is -2.17. The molecular formula is C11H19N5O4. The Morgan fingerprint density at radius 1 is 1.50 bits per heavy atom. The zero-order valence-electron chi connectivity index (χ0n) is 11.0. The summed E-state index contributed by atoms with van der Waals surface area (Å²) in [6.07, 6.45) is 1.29. The molecule has 9 nitrogen and oxygen atoms in total. The Hall–Kier alpha value is -2.32. The quantitative estimate of drug-likeness (QED) is 0.204. The van der Waals surface area contributed by atoms with Crippen molar-refractivity contribution in [3.63, 3.8) is 0 Å². The van der Waals surface area contributed by atoms with Crippen LogP contribution in [0.1, 0.15) is 25.7 Å². The molecular weight excluding hydrogens is 266 g/mol. The first-order valence-corrected chi connectivity index (χ1v) is 6.28. The van der Waals surface area contributed by atoms with Crippen LogP contribution in [0.2, 0.25) is 0 Å². The molecule has 2 unspecified atom stereocenters. The molecule has 0 aliphatic carbocycles. The predicted octanol–water partition coefficient (Wildman–Crippen LogP) is -2.11. The lowest BCUT2D eigenvalue weighted by Crippen LogP contribution is -2.48. The number of nitrogens with one attached hydrogen (secondary N) is 2. The molecule has 0 bridgehead atoms. The van der Waals surface area contributed by atoms with Gasteiger partial charge in [0.1, 0.15) is 12.1 Å². The van der Waals surface area contributed by atoms with E-state index in [1.165, 1.54) is 0 Å². The third-order valence-electron chi connectivity index (χ3n) is 2.87. The molecule has 1 aliphatic heterocycles. The monoisotopic (exact) mass is 285 g/mol. The number of carboxylic acid groups (broad SMARTS) is 1. The highest BCUT2D eigenvalue weighted by atomic mass is 16.4. The number of hydrogen-bond acceptors (Lipinski definition) is 4. The van der Waals surface area contributed by atoms with Gasteiger partial charge in [-0.2, -0.15) is 0 Å². The Balaban J connectivity index is 2.42. The molecule has 112 valence electrons. The normalized spacial score (nSPS) is 19.0. The summed E-state index contributed by atoms with van der Waals surface area (Å²) < 4.78 is 0. The van der Waals surface area contributed by atoms with Crippen molar-refractivity contribution in [1.82, 2.24) is 10.6 Å². The Kier molecular flexibility index (Phi) is 5.75. The Bertz CT molecular complexity index is 419. The van der Waals surface area contributed by atoms with Gasteiger partial charge in [-0.3, -0.25) is 14.6 Å². The van der Waals surface area contributed by atoms with Gasteiger partial charge in [0.2, 0.25) is 11.8 Å². The van der Waals surface area contributed by atoms with Gasteiger partial charge in [0.05, 0.1) is 0 Å². The number of guanidine groups is 1. The minimum Gasteiger partial charge on any atom is -0.480 e. The summed E-state index contributed by atoms with van der Waals surface area (Å²) in [4.78, 5) is 37.6. The number of carbonyl (C=O) groups excluding carboxylic acids is 2. The van der Waals surface area contributed by atoms with Crippen molar-refractivity contribution in [2.45, 2.75) is 37.8 Å². The van der Waals surface area contributed by atoms with E-state index in [0.717, 1.165) is 0 Å². The standard InChI is InChI=1S/C11H19N5O4/c12-11(13)14-5-1-2-7(10(19)20)16-9(18)6-3-4-8(17)15-6/h6-7H,1-5H2,(H,15,17)(H,16,18)(H,19,20)(H4,12,13,14). The summed E-state index contributed by atoms with van der Waals surface area (Å²) in [7, 11) is 0. The highest BCUT2D eigenvalue weighted by molar-refractivity contribution is 5.92. The zero-order chi connectivity index (χ0) is 15.1. The molecule has 0 spiro atoms. The average Bonchev–Trinajstić information content (AvgIpc) is 2.79. The van der Waals surface area contributed by atoms with E-state index in [-0.39, 0.29) is 24.7 Å². The average molecular weight is 285 g/mol. The molecule has 1 heterocycles. The van der Waals surface area contributed by atoms with Crippen LogP contribution in [0, 0.1) is 0 Å². The number of aliphatic carboxylic acids is 1. The number of hydrogen-bond donors (Lipinski definition) is 5. The first-order valence-electron chi connectivity index (χ1n) is 6.28. The summed E-state index contributed by atoms with van der Waals surface area (Å²) in [5, 5.41) is 13.9. The fourth-order valence-electron chi connectivity index (χ4n) is 1.84. The maximum absolute atomic E-state index is 11.8. The van der Waals surface area contributed by atoms with Crippen molar-refractivity contribution in [2.24, 2.45) is 16.5 Å². The van der Waals surface area contributed by atoms with Gasteiger partial charge < -0.3 is 27.2 Å². The molecule has 2 atom stereocenters. The third kappa shape index (κ3) is 5.12. The van der Waals surface area contributed by atoms with Gasteiger partial charge in [-0.25, -0.2) is 4.79 Å². The van der Waals surface area contributed by atoms with Crippen LogP contribution in [0.25, 0.3) is 0 Å². The second kappa shape index (κ2) is 7.31. The van der Waals surface area contributed by atoms with Gasteiger partial charge in [0.15, 0.2) is 5.96 Å². The first-order chi connectivity index (χ1) is 9.40. The smallest absolute Gasteiger partial charge is 0.326 e. The molecule has 20 heavy (non-hydrogen) atoms. The minimum absolute atomic E-state index is 0.0606. The number of aliphatic imine (C=N–C) groups is 1. The van der Waals surface area contributed by atoms with Crippen LogP contribution in [-0.4, -0.2) is 47.5 Å². The van der Waals surface area contributed by atoms with E-state index in [2.05, 4.69) is 15.6 Å². The van der Waals surface area contributed by atoms with Crippen molar-refractivity contribution in [3.05, 3.63) is 0 Å². The Morgan fingerprint density at radius 3 is 2.70 bits per heavy atom. The molecule has 0 aromatic carbocycles. The molecule has 0 saturated carbocycles. The van der Waals surface area contributed by atoms with Gasteiger partial charge in [-0.05, 0) is 19.3 Å². The number of nitrogens with zero attached hydrogens (tertiary/aromatic N) is 1. The van der Waals surface area contributed by atoms with Crippen molar-refractivity contribution in [3.8, 4) is 0 Å². The fraction of sp³-hybridized carbons (Fsp3) is 0.636. The summed E-state index contributed by atoms with van der Waals surface area (Å²) >= 11 is 0. The van der Waals surface area contributed by atoms with Crippen molar-refractivity contribution < 1.29 is 19.5 Å². The van der Waals surface area contributed by atoms with E-state index in [9.17, 15) is 14.4 Å². The van der Waals surface area contributed by atoms with Crippen molar-refractivity contribution >= 4 is 23.7 Å². The van der Waals surface area contributed by atoms with Crippen molar-refractivity contribution in [2.75, 3.05) is 6.54 Å². The number of carboxylic acids is 1. The SMILES string of the molecule is NC(N)=NCCCC(NC(=O)C1CCC(=O)N1)C(=O)O. The second-order valence-corrected chi connectivity index (χ2v) is 4.51. The number of carbonyl (C=O) groups is 3. The van der Waals surface area contributed by atoms with E-state index < -0.39 is 24.0 Å². The highest BCUT2D eigenvalue weighted by Gasteiger charge is 2.30. The molecule has 2 amide bonds. The minimum atomic E-state index is -1.13. The van der Waals surface area contributed by atoms with E-state index in [4.69, 9.17) is 16.6 Å². The van der Waals surface area contributed by atoms with Crippen LogP contribution in [0.15, 0.2) is 4.99 Å².